The molecule has 5 nitrogen and oxygen atoms in total. The highest BCUT2D eigenvalue weighted by atomic mass is 32.1. The van der Waals surface area contributed by atoms with Crippen LogP contribution >= 0.6 is 11.3 Å². The zero-order valence-electron chi connectivity index (χ0n) is 10.00. The highest BCUT2D eigenvalue weighted by Crippen LogP contribution is 2.34. The maximum absolute atomic E-state index is 10.8. The summed E-state index contributed by atoms with van der Waals surface area (Å²) in [6.45, 7) is 0.645. The largest absolute Gasteiger partial charge is 0.493 e. The molecule has 6 heteroatoms. The van der Waals surface area contributed by atoms with Crippen LogP contribution in [-0.4, -0.2) is 22.7 Å². The predicted octanol–water partition coefficient (Wildman–Crippen LogP) is 2.78. The van der Waals surface area contributed by atoms with Crippen LogP contribution in [0.25, 0.3) is 0 Å². The van der Waals surface area contributed by atoms with Crippen LogP contribution in [-0.2, 0) is 0 Å². The summed E-state index contributed by atoms with van der Waals surface area (Å²) in [7, 11) is 0. The fourth-order valence-corrected chi connectivity index (χ4v) is 2.82. The second-order valence-corrected chi connectivity index (χ2v) is 5.07. The van der Waals surface area contributed by atoms with Gasteiger partial charge in [0.05, 0.1) is 12.6 Å². The normalized spacial score (nSPS) is 17.4. The first-order valence-electron chi connectivity index (χ1n) is 5.91. The van der Waals surface area contributed by atoms with Crippen LogP contribution in [0, 0.1) is 0 Å². The number of rotatable bonds is 3. The molecular formula is C13H12N2O3S. The number of para-hydroxylation sites is 1. The van der Waals surface area contributed by atoms with E-state index in [2.05, 4.69) is 10.3 Å². The Bertz CT molecular complexity index is 611. The summed E-state index contributed by atoms with van der Waals surface area (Å²) in [5.41, 5.74) is 1.16. The smallest absolute Gasteiger partial charge is 0.355 e. The van der Waals surface area contributed by atoms with Crippen molar-refractivity contribution in [1.29, 1.82) is 0 Å². The lowest BCUT2D eigenvalue weighted by Gasteiger charge is -2.26. The zero-order valence-corrected chi connectivity index (χ0v) is 10.8. The molecule has 1 aromatic heterocycles. The van der Waals surface area contributed by atoms with Crippen molar-refractivity contribution in [3.63, 3.8) is 0 Å². The molecule has 2 aromatic rings. The second kappa shape index (κ2) is 4.89. The number of fused-ring (bicyclic) bond motifs is 1. The number of thiazole rings is 1. The van der Waals surface area contributed by atoms with Crippen LogP contribution < -0.4 is 10.1 Å². The fraction of sp³-hybridized carbons (Fsp3) is 0.231. The van der Waals surface area contributed by atoms with Crippen molar-refractivity contribution in [2.24, 2.45) is 0 Å². The number of hydrogen-bond acceptors (Lipinski definition) is 5. The molecule has 1 atom stereocenters. The van der Waals surface area contributed by atoms with Crippen LogP contribution in [0.2, 0.25) is 0 Å². The van der Waals surface area contributed by atoms with E-state index in [1.54, 1.807) is 0 Å². The highest BCUT2D eigenvalue weighted by Gasteiger charge is 2.22. The topological polar surface area (TPSA) is 71.5 Å². The lowest BCUT2D eigenvalue weighted by Crippen LogP contribution is -2.20. The molecular weight excluding hydrogens is 264 g/mol. The Morgan fingerprint density at radius 3 is 3.11 bits per heavy atom. The number of nitrogens with one attached hydrogen (secondary N) is 1. The summed E-state index contributed by atoms with van der Waals surface area (Å²) in [4.78, 5) is 14.8. The molecule has 98 valence electrons. The van der Waals surface area contributed by atoms with Crippen LogP contribution in [0.5, 0.6) is 5.75 Å². The van der Waals surface area contributed by atoms with E-state index in [1.807, 2.05) is 24.3 Å². The van der Waals surface area contributed by atoms with E-state index in [0.29, 0.717) is 11.7 Å². The summed E-state index contributed by atoms with van der Waals surface area (Å²) in [5.74, 6) is -0.127. The van der Waals surface area contributed by atoms with Crippen LogP contribution in [0.4, 0.5) is 5.13 Å². The minimum Gasteiger partial charge on any atom is -0.493 e. The van der Waals surface area contributed by atoms with Crippen molar-refractivity contribution in [3.05, 3.63) is 40.9 Å². The number of carbonyl (C=O) groups is 1. The Balaban J connectivity index is 1.82. The van der Waals surface area contributed by atoms with Gasteiger partial charge in [-0.1, -0.05) is 18.2 Å². The molecule has 0 bridgehead atoms. The summed E-state index contributed by atoms with van der Waals surface area (Å²) >= 11 is 1.30. The second-order valence-electron chi connectivity index (χ2n) is 4.21. The van der Waals surface area contributed by atoms with Crippen molar-refractivity contribution < 1.29 is 14.6 Å². The van der Waals surface area contributed by atoms with Crippen molar-refractivity contribution >= 4 is 22.4 Å². The van der Waals surface area contributed by atoms with Crippen molar-refractivity contribution in [2.45, 2.75) is 12.5 Å². The number of nitrogens with zero attached hydrogens (tertiary/aromatic N) is 1. The van der Waals surface area contributed by atoms with Gasteiger partial charge in [-0.25, -0.2) is 9.78 Å². The van der Waals surface area contributed by atoms with Gasteiger partial charge in [0, 0.05) is 17.4 Å². The van der Waals surface area contributed by atoms with Gasteiger partial charge in [-0.2, -0.15) is 0 Å². The molecule has 1 aromatic carbocycles. The van der Waals surface area contributed by atoms with Gasteiger partial charge in [0.15, 0.2) is 10.8 Å². The number of anilines is 1. The summed E-state index contributed by atoms with van der Waals surface area (Å²) in [5, 5.41) is 14.3. The van der Waals surface area contributed by atoms with Gasteiger partial charge in [-0.15, -0.1) is 11.3 Å². The average molecular weight is 276 g/mol. The van der Waals surface area contributed by atoms with E-state index >= 15 is 0 Å². The Labute approximate surface area is 113 Å². The number of hydrogen-bond donors (Lipinski definition) is 2. The third kappa shape index (κ3) is 2.39. The van der Waals surface area contributed by atoms with E-state index in [9.17, 15) is 4.79 Å². The Morgan fingerprint density at radius 2 is 2.32 bits per heavy atom. The fourth-order valence-electron chi connectivity index (χ4n) is 2.08. The molecule has 0 saturated heterocycles. The first-order chi connectivity index (χ1) is 9.24. The molecule has 3 rings (SSSR count). The molecule has 0 fully saturated rings. The standard InChI is InChI=1S/C13H12N2O3S/c16-12(17)10-7-19-13(15-10)14-9-5-6-18-11-4-2-1-3-8(9)11/h1-4,7,9H,5-6H2,(H,14,15)(H,16,17). The Kier molecular flexibility index (Phi) is 3.08. The monoisotopic (exact) mass is 276 g/mol. The van der Waals surface area contributed by atoms with Gasteiger partial charge in [0.25, 0.3) is 0 Å². The number of aromatic carboxylic acids is 1. The molecule has 1 unspecified atom stereocenters. The lowest BCUT2D eigenvalue weighted by molar-refractivity contribution is 0.0691. The van der Waals surface area contributed by atoms with Gasteiger partial charge >= 0.3 is 5.97 Å². The SMILES string of the molecule is O=C(O)c1csc(NC2CCOc3ccccc32)n1. The van der Waals surface area contributed by atoms with Gasteiger partial charge < -0.3 is 15.2 Å². The molecule has 0 amide bonds. The third-order valence-electron chi connectivity index (χ3n) is 2.98. The predicted molar refractivity (Wildman–Crippen MR) is 72.0 cm³/mol. The first kappa shape index (κ1) is 12.0. The maximum atomic E-state index is 10.8. The van der Waals surface area contributed by atoms with Gasteiger partial charge in [-0.05, 0) is 6.07 Å². The third-order valence-corrected chi connectivity index (χ3v) is 3.75. The maximum Gasteiger partial charge on any atom is 0.355 e. The van der Waals surface area contributed by atoms with Crippen LogP contribution in [0.3, 0.4) is 0 Å². The molecule has 0 aliphatic carbocycles. The lowest BCUT2D eigenvalue weighted by atomic mass is 10.0. The van der Waals surface area contributed by atoms with E-state index < -0.39 is 5.97 Å². The van der Waals surface area contributed by atoms with Crippen LogP contribution in [0.1, 0.15) is 28.5 Å². The molecule has 1 aliphatic rings. The first-order valence-corrected chi connectivity index (χ1v) is 6.79. The van der Waals surface area contributed by atoms with E-state index in [-0.39, 0.29) is 11.7 Å². The Hall–Kier alpha value is -2.08. The molecule has 2 N–H and O–H groups in total. The van der Waals surface area contributed by atoms with Gasteiger partial charge in [-0.3, -0.25) is 0 Å². The van der Waals surface area contributed by atoms with Crippen molar-refractivity contribution in [1.82, 2.24) is 4.98 Å². The number of carboxylic acids is 1. The summed E-state index contributed by atoms with van der Waals surface area (Å²) in [6.07, 6.45) is 0.832. The van der Waals surface area contributed by atoms with Gasteiger partial charge in [0.1, 0.15) is 5.75 Å². The van der Waals surface area contributed by atoms with Crippen molar-refractivity contribution in [2.75, 3.05) is 11.9 Å². The minimum atomic E-state index is -1.00. The molecule has 0 saturated carbocycles. The van der Waals surface area contributed by atoms with Crippen molar-refractivity contribution in [3.8, 4) is 5.75 Å². The molecule has 0 radical (unpaired) electrons. The molecule has 2 heterocycles. The van der Waals surface area contributed by atoms with E-state index in [1.165, 1.54) is 16.7 Å². The molecule has 19 heavy (non-hydrogen) atoms. The Morgan fingerprint density at radius 1 is 1.47 bits per heavy atom. The van der Waals surface area contributed by atoms with E-state index in [4.69, 9.17) is 9.84 Å². The molecule has 0 spiro atoms. The van der Waals surface area contributed by atoms with Gasteiger partial charge in [0.2, 0.25) is 0 Å². The van der Waals surface area contributed by atoms with E-state index in [0.717, 1.165) is 17.7 Å². The summed E-state index contributed by atoms with van der Waals surface area (Å²) in [6, 6.07) is 7.96. The minimum absolute atomic E-state index is 0.0767. The number of carboxylic acid groups (broad SMARTS) is 1. The highest BCUT2D eigenvalue weighted by molar-refractivity contribution is 7.13. The van der Waals surface area contributed by atoms with Crippen LogP contribution in [0.15, 0.2) is 29.6 Å². The number of benzene rings is 1. The average Bonchev–Trinajstić information content (AvgIpc) is 2.88. The zero-order chi connectivity index (χ0) is 13.2. The number of aromatic nitrogens is 1. The molecule has 1 aliphatic heterocycles. The summed E-state index contributed by atoms with van der Waals surface area (Å²) < 4.78 is 5.58. The quantitative estimate of drug-likeness (QED) is 0.902. The number of ether oxygens (including phenoxy) is 1.